The average Bonchev–Trinajstić information content (AvgIpc) is 3.16. The molecule has 2 heterocycles. The van der Waals surface area contributed by atoms with Gasteiger partial charge in [0.05, 0.1) is 32.3 Å². The van der Waals surface area contributed by atoms with E-state index in [-0.39, 0.29) is 11.4 Å². The first-order valence-electron chi connectivity index (χ1n) is 11.8. The van der Waals surface area contributed by atoms with Crippen LogP contribution in [-0.2, 0) is 20.7 Å². The molecule has 1 N–H and O–H groups in total. The topological polar surface area (TPSA) is 97.4 Å². The Morgan fingerprint density at radius 1 is 1.14 bits per heavy atom. The standard InChI is InChI=1S/C27H29N3O6S/c1-4-5-19-14-18(15-22(34-2)25(19)35-3)16-23-26(32)30(27(33)37-23)17-24(31)28-20-6-8-21(9-7-20)29-10-12-36-13-11-29/h4,6-9,14-16H,1,5,10-13,17H2,2-3H3,(H,28,31)/b23-16-. The van der Waals surface area contributed by atoms with Crippen LogP contribution in [0.1, 0.15) is 11.1 Å². The van der Waals surface area contributed by atoms with Gasteiger partial charge in [0.2, 0.25) is 5.91 Å². The number of allylic oxidation sites excluding steroid dienone is 1. The lowest BCUT2D eigenvalue weighted by Gasteiger charge is -2.28. The molecule has 194 valence electrons. The number of amides is 3. The molecule has 0 aliphatic carbocycles. The predicted molar refractivity (Wildman–Crippen MR) is 144 cm³/mol. The fourth-order valence-corrected chi connectivity index (χ4v) is 5.00. The van der Waals surface area contributed by atoms with Gasteiger partial charge in [0, 0.05) is 30.0 Å². The van der Waals surface area contributed by atoms with Crippen molar-refractivity contribution in [1.82, 2.24) is 4.90 Å². The molecule has 0 spiro atoms. The molecule has 0 atom stereocenters. The van der Waals surface area contributed by atoms with Crippen molar-refractivity contribution in [3.63, 3.8) is 0 Å². The molecule has 3 amide bonds. The number of hydrogen-bond donors (Lipinski definition) is 1. The number of methoxy groups -OCH3 is 2. The molecule has 2 aliphatic rings. The van der Waals surface area contributed by atoms with Gasteiger partial charge < -0.3 is 24.4 Å². The van der Waals surface area contributed by atoms with E-state index in [9.17, 15) is 14.4 Å². The molecule has 10 heteroatoms. The van der Waals surface area contributed by atoms with Gasteiger partial charge in [-0.15, -0.1) is 6.58 Å². The summed E-state index contributed by atoms with van der Waals surface area (Å²) in [5.41, 5.74) is 3.14. The van der Waals surface area contributed by atoms with Crippen LogP contribution in [0.15, 0.2) is 54.0 Å². The molecule has 0 radical (unpaired) electrons. The Hall–Kier alpha value is -3.76. The van der Waals surface area contributed by atoms with Gasteiger partial charge in [0.25, 0.3) is 11.1 Å². The molecule has 4 rings (SSSR count). The van der Waals surface area contributed by atoms with Gasteiger partial charge >= 0.3 is 0 Å². The van der Waals surface area contributed by atoms with E-state index in [1.807, 2.05) is 18.2 Å². The van der Waals surface area contributed by atoms with E-state index in [2.05, 4.69) is 16.8 Å². The minimum absolute atomic E-state index is 0.226. The van der Waals surface area contributed by atoms with Crippen LogP contribution >= 0.6 is 11.8 Å². The molecule has 2 saturated heterocycles. The third kappa shape index (κ3) is 6.15. The zero-order valence-corrected chi connectivity index (χ0v) is 21.6. The van der Waals surface area contributed by atoms with E-state index in [4.69, 9.17) is 14.2 Å². The van der Waals surface area contributed by atoms with Gasteiger partial charge in [0.15, 0.2) is 11.5 Å². The molecule has 2 aromatic rings. The van der Waals surface area contributed by atoms with Crippen LogP contribution in [0.3, 0.4) is 0 Å². The van der Waals surface area contributed by atoms with E-state index < -0.39 is 17.1 Å². The number of imide groups is 1. The van der Waals surface area contributed by atoms with Crippen LogP contribution < -0.4 is 19.7 Å². The van der Waals surface area contributed by atoms with Crippen molar-refractivity contribution in [3.8, 4) is 11.5 Å². The summed E-state index contributed by atoms with van der Waals surface area (Å²) in [5.74, 6) is 0.114. The average molecular weight is 524 g/mol. The van der Waals surface area contributed by atoms with Gasteiger partial charge in [-0.1, -0.05) is 6.08 Å². The fourth-order valence-electron chi connectivity index (χ4n) is 4.17. The van der Waals surface area contributed by atoms with E-state index in [0.717, 1.165) is 41.0 Å². The molecule has 2 fully saturated rings. The highest BCUT2D eigenvalue weighted by atomic mass is 32.2. The molecular weight excluding hydrogens is 494 g/mol. The number of thioether (sulfide) groups is 1. The molecule has 0 saturated carbocycles. The number of ether oxygens (including phenoxy) is 3. The summed E-state index contributed by atoms with van der Waals surface area (Å²) in [5, 5.41) is 2.26. The molecule has 2 aliphatic heterocycles. The van der Waals surface area contributed by atoms with Crippen molar-refractivity contribution in [1.29, 1.82) is 0 Å². The molecular formula is C27H29N3O6S. The van der Waals surface area contributed by atoms with Gasteiger partial charge in [-0.2, -0.15) is 0 Å². The highest BCUT2D eigenvalue weighted by Gasteiger charge is 2.36. The zero-order valence-electron chi connectivity index (χ0n) is 20.8. The van der Waals surface area contributed by atoms with Crippen LogP contribution in [0, 0.1) is 0 Å². The lowest BCUT2D eigenvalue weighted by atomic mass is 10.0. The summed E-state index contributed by atoms with van der Waals surface area (Å²) in [6.07, 6.45) is 3.89. The first kappa shape index (κ1) is 26.3. The second-order valence-corrected chi connectivity index (χ2v) is 9.36. The van der Waals surface area contributed by atoms with E-state index in [1.165, 1.54) is 7.11 Å². The largest absolute Gasteiger partial charge is 0.493 e. The lowest BCUT2D eigenvalue weighted by Crippen LogP contribution is -2.36. The number of rotatable bonds is 9. The predicted octanol–water partition coefficient (Wildman–Crippen LogP) is 3.94. The number of carbonyl (C=O) groups excluding carboxylic acids is 3. The summed E-state index contributed by atoms with van der Waals surface area (Å²) in [6.45, 7) is 6.40. The molecule has 2 aromatic carbocycles. The monoisotopic (exact) mass is 523 g/mol. The van der Waals surface area contributed by atoms with Crippen molar-refractivity contribution in [2.75, 3.05) is 57.3 Å². The SMILES string of the molecule is C=CCc1cc(/C=C2\SC(=O)N(CC(=O)Nc3ccc(N4CCOCC4)cc3)C2=O)cc(OC)c1OC. The third-order valence-electron chi connectivity index (χ3n) is 5.94. The van der Waals surface area contributed by atoms with Gasteiger partial charge in [-0.3, -0.25) is 19.3 Å². The number of carbonyl (C=O) groups is 3. The number of morpholine rings is 1. The molecule has 0 unspecified atom stereocenters. The van der Waals surface area contributed by atoms with Gasteiger partial charge in [-0.05, 0) is 66.2 Å². The fraction of sp³-hybridized carbons (Fsp3) is 0.296. The summed E-state index contributed by atoms with van der Waals surface area (Å²) < 4.78 is 16.3. The highest BCUT2D eigenvalue weighted by molar-refractivity contribution is 8.18. The first-order valence-corrected chi connectivity index (χ1v) is 12.6. The van der Waals surface area contributed by atoms with Crippen molar-refractivity contribution in [3.05, 3.63) is 65.1 Å². The Morgan fingerprint density at radius 2 is 1.86 bits per heavy atom. The molecule has 0 bridgehead atoms. The summed E-state index contributed by atoms with van der Waals surface area (Å²) in [4.78, 5) is 41.5. The van der Waals surface area contributed by atoms with E-state index >= 15 is 0 Å². The lowest BCUT2D eigenvalue weighted by molar-refractivity contribution is -0.127. The second kappa shape index (κ2) is 12.0. The Kier molecular flexibility index (Phi) is 8.52. The van der Waals surface area contributed by atoms with Crippen LogP contribution in [0.25, 0.3) is 6.08 Å². The van der Waals surface area contributed by atoms with Crippen LogP contribution in [0.4, 0.5) is 16.2 Å². The minimum atomic E-state index is -0.520. The number of anilines is 2. The van der Waals surface area contributed by atoms with Crippen molar-refractivity contribution >= 4 is 46.3 Å². The van der Waals surface area contributed by atoms with Crippen molar-refractivity contribution < 1.29 is 28.6 Å². The number of benzene rings is 2. The zero-order chi connectivity index (χ0) is 26.4. The highest BCUT2D eigenvalue weighted by Crippen LogP contribution is 2.37. The van der Waals surface area contributed by atoms with Gasteiger partial charge in [-0.25, -0.2) is 0 Å². The number of hydrogen-bond acceptors (Lipinski definition) is 8. The Balaban J connectivity index is 1.43. The third-order valence-corrected chi connectivity index (χ3v) is 6.85. The smallest absolute Gasteiger partial charge is 0.294 e. The number of nitrogens with one attached hydrogen (secondary N) is 1. The summed E-state index contributed by atoms with van der Waals surface area (Å²) >= 11 is 0.796. The minimum Gasteiger partial charge on any atom is -0.493 e. The second-order valence-electron chi connectivity index (χ2n) is 8.37. The van der Waals surface area contributed by atoms with Crippen LogP contribution in [0.5, 0.6) is 11.5 Å². The Morgan fingerprint density at radius 3 is 2.51 bits per heavy atom. The van der Waals surface area contributed by atoms with Gasteiger partial charge in [0.1, 0.15) is 6.54 Å². The molecule has 37 heavy (non-hydrogen) atoms. The normalized spacial score (nSPS) is 16.8. The Labute approximate surface area is 220 Å². The summed E-state index contributed by atoms with van der Waals surface area (Å²) in [7, 11) is 3.08. The maximum absolute atomic E-state index is 13.0. The Bertz CT molecular complexity index is 1220. The summed E-state index contributed by atoms with van der Waals surface area (Å²) in [6, 6.07) is 11.0. The van der Waals surface area contributed by atoms with Crippen molar-refractivity contribution in [2.45, 2.75) is 6.42 Å². The van der Waals surface area contributed by atoms with E-state index in [0.29, 0.717) is 42.4 Å². The van der Waals surface area contributed by atoms with Crippen LogP contribution in [-0.4, -0.2) is 69.0 Å². The molecule has 9 nitrogen and oxygen atoms in total. The van der Waals surface area contributed by atoms with Crippen molar-refractivity contribution in [2.24, 2.45) is 0 Å². The quantitative estimate of drug-likeness (QED) is 0.390. The van der Waals surface area contributed by atoms with Crippen LogP contribution in [0.2, 0.25) is 0 Å². The number of nitrogens with zero attached hydrogens (tertiary/aromatic N) is 2. The van der Waals surface area contributed by atoms with E-state index in [1.54, 1.807) is 37.5 Å². The maximum Gasteiger partial charge on any atom is 0.294 e. The molecule has 0 aromatic heterocycles. The first-order chi connectivity index (χ1) is 17.9. The maximum atomic E-state index is 13.0.